The highest BCUT2D eigenvalue weighted by molar-refractivity contribution is 5.91. The van der Waals surface area contributed by atoms with Crippen LogP contribution in [0.4, 0.5) is 4.39 Å². The van der Waals surface area contributed by atoms with Crippen LogP contribution in [-0.2, 0) is 17.9 Å². The Kier molecular flexibility index (Phi) is 5.36. The van der Waals surface area contributed by atoms with Gasteiger partial charge in [-0.2, -0.15) is 5.10 Å². The molecular formula is C20H18FN3O. The Hall–Kier alpha value is -3.21. The molecule has 3 rings (SSSR count). The van der Waals surface area contributed by atoms with Crippen molar-refractivity contribution in [3.8, 4) is 0 Å². The first-order chi connectivity index (χ1) is 12.2. The zero-order valence-electron chi connectivity index (χ0n) is 13.6. The van der Waals surface area contributed by atoms with Gasteiger partial charge >= 0.3 is 0 Å². The van der Waals surface area contributed by atoms with Gasteiger partial charge in [0.25, 0.3) is 0 Å². The second-order valence-corrected chi connectivity index (χ2v) is 5.58. The van der Waals surface area contributed by atoms with E-state index in [1.807, 2.05) is 41.2 Å². The van der Waals surface area contributed by atoms with Gasteiger partial charge in [0.1, 0.15) is 5.82 Å². The molecule has 0 aliphatic carbocycles. The molecule has 0 saturated carbocycles. The van der Waals surface area contributed by atoms with Gasteiger partial charge in [-0.3, -0.25) is 9.48 Å². The van der Waals surface area contributed by atoms with Gasteiger partial charge in [0.15, 0.2) is 0 Å². The molecule has 4 nitrogen and oxygen atoms in total. The van der Waals surface area contributed by atoms with E-state index in [1.54, 1.807) is 24.4 Å². The van der Waals surface area contributed by atoms with Crippen LogP contribution in [0.15, 0.2) is 73.1 Å². The highest BCUT2D eigenvalue weighted by Crippen LogP contribution is 2.10. The quantitative estimate of drug-likeness (QED) is 0.702. The molecule has 1 aromatic heterocycles. The van der Waals surface area contributed by atoms with Crippen molar-refractivity contribution in [3.63, 3.8) is 0 Å². The summed E-state index contributed by atoms with van der Waals surface area (Å²) in [5, 5.41) is 7.08. The van der Waals surface area contributed by atoms with Gasteiger partial charge in [0.05, 0.1) is 6.54 Å². The monoisotopic (exact) mass is 335 g/mol. The molecular weight excluding hydrogens is 317 g/mol. The minimum Gasteiger partial charge on any atom is -0.348 e. The van der Waals surface area contributed by atoms with Crippen molar-refractivity contribution in [2.24, 2.45) is 0 Å². The van der Waals surface area contributed by atoms with Crippen molar-refractivity contribution >= 4 is 12.0 Å². The van der Waals surface area contributed by atoms with Crippen molar-refractivity contribution in [1.82, 2.24) is 15.1 Å². The van der Waals surface area contributed by atoms with Gasteiger partial charge in [-0.05, 0) is 41.0 Å². The summed E-state index contributed by atoms with van der Waals surface area (Å²) in [6.07, 6.45) is 6.75. The summed E-state index contributed by atoms with van der Waals surface area (Å²) in [6, 6.07) is 15.8. The molecule has 5 heteroatoms. The molecule has 0 atom stereocenters. The van der Waals surface area contributed by atoms with Gasteiger partial charge in [-0.15, -0.1) is 0 Å². The van der Waals surface area contributed by atoms with Crippen LogP contribution in [0, 0.1) is 5.82 Å². The third-order valence-corrected chi connectivity index (χ3v) is 3.76. The number of halogens is 1. The summed E-state index contributed by atoms with van der Waals surface area (Å²) in [6.45, 7) is 1.09. The fourth-order valence-electron chi connectivity index (χ4n) is 2.44. The normalized spacial score (nSPS) is 10.9. The van der Waals surface area contributed by atoms with E-state index in [-0.39, 0.29) is 11.7 Å². The zero-order valence-corrected chi connectivity index (χ0v) is 13.6. The third-order valence-electron chi connectivity index (χ3n) is 3.76. The molecule has 0 fully saturated rings. The highest BCUT2D eigenvalue weighted by atomic mass is 19.1. The Morgan fingerprint density at radius 1 is 1.08 bits per heavy atom. The Labute approximate surface area is 145 Å². The summed E-state index contributed by atoms with van der Waals surface area (Å²) in [5.41, 5.74) is 2.92. The SMILES string of the molecule is O=C(/C=C/c1ccc(F)cc1)NCc1ccccc1Cn1cccn1. The Bertz CT molecular complexity index is 855. The molecule has 2 aromatic carbocycles. The van der Waals surface area contributed by atoms with Gasteiger partial charge < -0.3 is 5.32 Å². The van der Waals surface area contributed by atoms with Crippen LogP contribution >= 0.6 is 0 Å². The standard InChI is InChI=1S/C20H18FN3O/c21-19-9-6-16(7-10-19)8-11-20(25)22-14-17-4-1-2-5-18(17)15-24-13-3-12-23-24/h1-13H,14-15H2,(H,22,25)/b11-8+. The number of hydrogen-bond acceptors (Lipinski definition) is 2. The molecule has 1 amide bonds. The lowest BCUT2D eigenvalue weighted by atomic mass is 10.1. The number of carbonyl (C=O) groups is 1. The smallest absolute Gasteiger partial charge is 0.244 e. The average molecular weight is 335 g/mol. The van der Waals surface area contributed by atoms with E-state index in [0.29, 0.717) is 13.1 Å². The number of nitrogens with zero attached hydrogens (tertiary/aromatic N) is 2. The fourth-order valence-corrected chi connectivity index (χ4v) is 2.44. The van der Waals surface area contributed by atoms with Crippen molar-refractivity contribution in [1.29, 1.82) is 0 Å². The number of rotatable bonds is 6. The van der Waals surface area contributed by atoms with E-state index in [1.165, 1.54) is 18.2 Å². The molecule has 0 spiro atoms. The van der Waals surface area contributed by atoms with Crippen LogP contribution in [-0.4, -0.2) is 15.7 Å². The topological polar surface area (TPSA) is 46.9 Å². The van der Waals surface area contributed by atoms with Crippen LogP contribution in [0.1, 0.15) is 16.7 Å². The van der Waals surface area contributed by atoms with Crippen LogP contribution in [0.3, 0.4) is 0 Å². The van der Waals surface area contributed by atoms with Crippen LogP contribution in [0.25, 0.3) is 6.08 Å². The maximum Gasteiger partial charge on any atom is 0.244 e. The Morgan fingerprint density at radius 3 is 2.56 bits per heavy atom. The molecule has 0 bridgehead atoms. The molecule has 0 unspecified atom stereocenters. The lowest BCUT2D eigenvalue weighted by molar-refractivity contribution is -0.116. The molecule has 0 radical (unpaired) electrons. The van der Waals surface area contributed by atoms with Gasteiger partial charge in [-0.1, -0.05) is 36.4 Å². The van der Waals surface area contributed by atoms with E-state index in [0.717, 1.165) is 16.7 Å². The molecule has 0 saturated heterocycles. The number of aromatic nitrogens is 2. The second-order valence-electron chi connectivity index (χ2n) is 5.58. The molecule has 3 aromatic rings. The maximum absolute atomic E-state index is 12.9. The summed E-state index contributed by atoms with van der Waals surface area (Å²) >= 11 is 0. The number of hydrogen-bond donors (Lipinski definition) is 1. The highest BCUT2D eigenvalue weighted by Gasteiger charge is 2.04. The zero-order chi connectivity index (χ0) is 17.5. The summed E-state index contributed by atoms with van der Waals surface area (Å²) in [5.74, 6) is -0.492. The second kappa shape index (κ2) is 8.06. The predicted octanol–water partition coefficient (Wildman–Crippen LogP) is 3.40. The Morgan fingerprint density at radius 2 is 1.84 bits per heavy atom. The molecule has 1 heterocycles. The van der Waals surface area contributed by atoms with E-state index in [4.69, 9.17) is 0 Å². The average Bonchev–Trinajstić information content (AvgIpc) is 3.13. The predicted molar refractivity (Wildman–Crippen MR) is 95.1 cm³/mol. The number of carbonyl (C=O) groups excluding carboxylic acids is 1. The van der Waals surface area contributed by atoms with Gasteiger partial charge in [-0.25, -0.2) is 4.39 Å². The first-order valence-electron chi connectivity index (χ1n) is 7.96. The minimum atomic E-state index is -0.296. The van der Waals surface area contributed by atoms with Gasteiger partial charge in [0, 0.05) is 25.0 Å². The molecule has 0 aliphatic heterocycles. The lowest BCUT2D eigenvalue weighted by Crippen LogP contribution is -2.21. The van der Waals surface area contributed by atoms with Crippen molar-refractivity contribution in [2.75, 3.05) is 0 Å². The number of nitrogens with one attached hydrogen (secondary N) is 1. The van der Waals surface area contributed by atoms with E-state index in [2.05, 4.69) is 10.4 Å². The summed E-state index contributed by atoms with van der Waals surface area (Å²) in [7, 11) is 0. The van der Waals surface area contributed by atoms with E-state index in [9.17, 15) is 9.18 Å². The van der Waals surface area contributed by atoms with Crippen molar-refractivity contribution in [2.45, 2.75) is 13.1 Å². The van der Waals surface area contributed by atoms with Crippen molar-refractivity contribution in [3.05, 3.63) is 95.6 Å². The summed E-state index contributed by atoms with van der Waals surface area (Å²) < 4.78 is 14.7. The lowest BCUT2D eigenvalue weighted by Gasteiger charge is -2.10. The molecule has 25 heavy (non-hydrogen) atoms. The maximum atomic E-state index is 12.9. The van der Waals surface area contributed by atoms with Crippen LogP contribution in [0.2, 0.25) is 0 Å². The van der Waals surface area contributed by atoms with E-state index >= 15 is 0 Å². The third kappa shape index (κ3) is 4.88. The van der Waals surface area contributed by atoms with Crippen LogP contribution < -0.4 is 5.32 Å². The van der Waals surface area contributed by atoms with Gasteiger partial charge in [0.2, 0.25) is 5.91 Å². The largest absolute Gasteiger partial charge is 0.348 e. The minimum absolute atomic E-state index is 0.196. The van der Waals surface area contributed by atoms with E-state index < -0.39 is 0 Å². The first-order valence-corrected chi connectivity index (χ1v) is 7.96. The summed E-state index contributed by atoms with van der Waals surface area (Å²) in [4.78, 5) is 12.0. The molecule has 0 aliphatic rings. The molecule has 126 valence electrons. The first kappa shape index (κ1) is 16.6. The van der Waals surface area contributed by atoms with Crippen molar-refractivity contribution < 1.29 is 9.18 Å². The fraction of sp³-hybridized carbons (Fsp3) is 0.100. The number of benzene rings is 2. The molecule has 1 N–H and O–H groups in total. The van der Waals surface area contributed by atoms with Crippen LogP contribution in [0.5, 0.6) is 0 Å². The number of amides is 1. The Balaban J connectivity index is 1.59.